The maximum Gasteiger partial charge on any atom is 0.258 e. The van der Waals surface area contributed by atoms with Crippen LogP contribution in [0.5, 0.6) is 0 Å². The fourth-order valence-electron chi connectivity index (χ4n) is 1.22. The monoisotopic (exact) mass is 227 g/mol. The molecule has 16 heavy (non-hydrogen) atoms. The van der Waals surface area contributed by atoms with Crippen LogP contribution in [0.2, 0.25) is 0 Å². The molecule has 0 amide bonds. The highest BCUT2D eigenvalue weighted by atomic mass is 16.5. The molecule has 1 aromatic heterocycles. The van der Waals surface area contributed by atoms with Gasteiger partial charge in [0, 0.05) is 13.2 Å². The SMILES string of the molecule is CCC(C)(OC)c1nc(CNC(C)C)no1. The van der Waals surface area contributed by atoms with E-state index in [1.807, 2.05) is 13.8 Å². The van der Waals surface area contributed by atoms with E-state index in [0.29, 0.717) is 24.3 Å². The van der Waals surface area contributed by atoms with Gasteiger partial charge in [0.15, 0.2) is 5.82 Å². The molecule has 0 radical (unpaired) electrons. The van der Waals surface area contributed by atoms with Crippen LogP contribution >= 0.6 is 0 Å². The topological polar surface area (TPSA) is 60.2 Å². The maximum atomic E-state index is 5.40. The van der Waals surface area contributed by atoms with Crippen molar-refractivity contribution >= 4 is 0 Å². The first kappa shape index (κ1) is 13.1. The molecule has 5 nitrogen and oxygen atoms in total. The summed E-state index contributed by atoms with van der Waals surface area (Å²) >= 11 is 0. The minimum absolute atomic E-state index is 0.405. The molecular weight excluding hydrogens is 206 g/mol. The minimum atomic E-state index is -0.483. The van der Waals surface area contributed by atoms with Crippen LogP contribution in [0.1, 0.15) is 45.8 Å². The summed E-state index contributed by atoms with van der Waals surface area (Å²) in [4.78, 5) is 4.33. The van der Waals surface area contributed by atoms with Gasteiger partial charge in [-0.15, -0.1) is 0 Å². The van der Waals surface area contributed by atoms with Crippen LogP contribution in [-0.4, -0.2) is 23.3 Å². The van der Waals surface area contributed by atoms with E-state index in [9.17, 15) is 0 Å². The Morgan fingerprint density at radius 3 is 2.69 bits per heavy atom. The van der Waals surface area contributed by atoms with Crippen LogP contribution in [0.4, 0.5) is 0 Å². The molecule has 0 aliphatic rings. The number of aromatic nitrogens is 2. The van der Waals surface area contributed by atoms with E-state index in [0.717, 1.165) is 6.42 Å². The molecule has 0 aromatic carbocycles. The smallest absolute Gasteiger partial charge is 0.258 e. The number of nitrogens with zero attached hydrogens (tertiary/aromatic N) is 2. The van der Waals surface area contributed by atoms with Crippen molar-refractivity contribution in [2.75, 3.05) is 7.11 Å². The van der Waals surface area contributed by atoms with Crippen LogP contribution in [-0.2, 0) is 16.9 Å². The lowest BCUT2D eigenvalue weighted by Gasteiger charge is -2.21. The minimum Gasteiger partial charge on any atom is -0.369 e. The highest BCUT2D eigenvalue weighted by Crippen LogP contribution is 2.26. The first-order valence-corrected chi connectivity index (χ1v) is 5.63. The van der Waals surface area contributed by atoms with E-state index in [-0.39, 0.29) is 0 Å². The Balaban J connectivity index is 2.70. The predicted molar refractivity (Wildman–Crippen MR) is 60.9 cm³/mol. The van der Waals surface area contributed by atoms with Crippen molar-refractivity contribution in [3.63, 3.8) is 0 Å². The Morgan fingerprint density at radius 1 is 1.50 bits per heavy atom. The molecule has 0 bridgehead atoms. The molecule has 0 spiro atoms. The van der Waals surface area contributed by atoms with Crippen LogP contribution in [0.25, 0.3) is 0 Å². The van der Waals surface area contributed by atoms with Crippen molar-refractivity contribution in [2.24, 2.45) is 0 Å². The van der Waals surface area contributed by atoms with Gasteiger partial charge in [0.25, 0.3) is 5.89 Å². The number of nitrogens with one attached hydrogen (secondary N) is 1. The summed E-state index contributed by atoms with van der Waals surface area (Å²) in [6, 6.07) is 0.405. The standard InChI is InChI=1S/C11H21N3O2/c1-6-11(4,15-5)10-13-9(14-16-10)7-12-8(2)3/h8,12H,6-7H2,1-5H3. The van der Waals surface area contributed by atoms with Crippen molar-refractivity contribution in [1.29, 1.82) is 0 Å². The Morgan fingerprint density at radius 2 is 2.19 bits per heavy atom. The van der Waals surface area contributed by atoms with Crippen LogP contribution < -0.4 is 5.32 Å². The van der Waals surface area contributed by atoms with E-state index < -0.39 is 5.60 Å². The highest BCUT2D eigenvalue weighted by molar-refractivity contribution is 4.97. The second kappa shape index (κ2) is 5.41. The molecular formula is C11H21N3O2. The molecule has 1 heterocycles. The van der Waals surface area contributed by atoms with Crippen molar-refractivity contribution in [2.45, 2.75) is 52.3 Å². The number of ether oxygens (including phenoxy) is 1. The Labute approximate surface area is 96.6 Å². The third-order valence-corrected chi connectivity index (χ3v) is 2.71. The van der Waals surface area contributed by atoms with E-state index in [1.54, 1.807) is 7.11 Å². The van der Waals surface area contributed by atoms with Gasteiger partial charge in [-0.25, -0.2) is 0 Å². The number of rotatable bonds is 6. The van der Waals surface area contributed by atoms with E-state index in [2.05, 4.69) is 29.3 Å². The van der Waals surface area contributed by atoms with Crippen molar-refractivity contribution in [3.05, 3.63) is 11.7 Å². The molecule has 92 valence electrons. The zero-order chi connectivity index (χ0) is 12.2. The van der Waals surface area contributed by atoms with Gasteiger partial charge < -0.3 is 14.6 Å². The molecule has 5 heteroatoms. The summed E-state index contributed by atoms with van der Waals surface area (Å²) in [6.45, 7) is 8.74. The first-order valence-electron chi connectivity index (χ1n) is 5.63. The Bertz CT molecular complexity index is 319. The summed E-state index contributed by atoms with van der Waals surface area (Å²) in [5, 5.41) is 7.16. The molecule has 1 atom stereocenters. The summed E-state index contributed by atoms with van der Waals surface area (Å²) < 4.78 is 10.6. The van der Waals surface area contributed by atoms with E-state index in [4.69, 9.17) is 9.26 Å². The lowest BCUT2D eigenvalue weighted by molar-refractivity contribution is -0.0272. The zero-order valence-electron chi connectivity index (χ0n) is 10.7. The number of methoxy groups -OCH3 is 1. The quantitative estimate of drug-likeness (QED) is 0.803. The van der Waals surface area contributed by atoms with Gasteiger partial charge in [0.1, 0.15) is 5.60 Å². The largest absolute Gasteiger partial charge is 0.369 e. The van der Waals surface area contributed by atoms with Gasteiger partial charge in [-0.3, -0.25) is 0 Å². The summed E-state index contributed by atoms with van der Waals surface area (Å²) in [6.07, 6.45) is 0.794. The molecule has 1 rings (SSSR count). The number of hydrogen-bond acceptors (Lipinski definition) is 5. The fourth-order valence-corrected chi connectivity index (χ4v) is 1.22. The molecule has 0 aliphatic carbocycles. The molecule has 0 saturated heterocycles. The summed E-state index contributed by atoms with van der Waals surface area (Å²) in [5.74, 6) is 1.21. The van der Waals surface area contributed by atoms with E-state index in [1.165, 1.54) is 0 Å². The second-order valence-electron chi connectivity index (χ2n) is 4.34. The summed E-state index contributed by atoms with van der Waals surface area (Å²) in [5.41, 5.74) is -0.483. The van der Waals surface area contributed by atoms with Crippen molar-refractivity contribution < 1.29 is 9.26 Å². The zero-order valence-corrected chi connectivity index (χ0v) is 10.7. The molecule has 1 N–H and O–H groups in total. The third-order valence-electron chi connectivity index (χ3n) is 2.71. The normalized spacial score (nSPS) is 15.4. The molecule has 0 aliphatic heterocycles. The second-order valence-corrected chi connectivity index (χ2v) is 4.34. The third kappa shape index (κ3) is 3.02. The molecule has 1 aromatic rings. The first-order chi connectivity index (χ1) is 7.51. The van der Waals surface area contributed by atoms with Crippen molar-refractivity contribution in [3.8, 4) is 0 Å². The average Bonchev–Trinajstić information content (AvgIpc) is 2.74. The van der Waals surface area contributed by atoms with Gasteiger partial charge in [-0.05, 0) is 13.3 Å². The van der Waals surface area contributed by atoms with Gasteiger partial charge in [0.05, 0.1) is 6.54 Å². The van der Waals surface area contributed by atoms with Gasteiger partial charge >= 0.3 is 0 Å². The fraction of sp³-hybridized carbons (Fsp3) is 0.818. The Hall–Kier alpha value is -0.940. The van der Waals surface area contributed by atoms with Gasteiger partial charge in [0.2, 0.25) is 0 Å². The molecule has 0 saturated carbocycles. The van der Waals surface area contributed by atoms with Gasteiger partial charge in [-0.2, -0.15) is 4.98 Å². The van der Waals surface area contributed by atoms with Gasteiger partial charge in [-0.1, -0.05) is 25.9 Å². The van der Waals surface area contributed by atoms with Crippen LogP contribution in [0.3, 0.4) is 0 Å². The predicted octanol–water partition coefficient (Wildman–Crippen LogP) is 1.84. The highest BCUT2D eigenvalue weighted by Gasteiger charge is 2.30. The molecule has 0 fully saturated rings. The average molecular weight is 227 g/mol. The van der Waals surface area contributed by atoms with Crippen LogP contribution in [0.15, 0.2) is 4.52 Å². The van der Waals surface area contributed by atoms with Crippen molar-refractivity contribution in [1.82, 2.24) is 15.5 Å². The summed E-state index contributed by atoms with van der Waals surface area (Å²) in [7, 11) is 1.65. The number of hydrogen-bond donors (Lipinski definition) is 1. The van der Waals surface area contributed by atoms with Crippen LogP contribution in [0, 0.1) is 0 Å². The Kier molecular flexibility index (Phi) is 4.44. The maximum absolute atomic E-state index is 5.40. The molecule has 1 unspecified atom stereocenters. The lowest BCUT2D eigenvalue weighted by atomic mass is 10.0. The van der Waals surface area contributed by atoms with E-state index >= 15 is 0 Å². The lowest BCUT2D eigenvalue weighted by Crippen LogP contribution is -2.24.